The first-order chi connectivity index (χ1) is 10.5. The summed E-state index contributed by atoms with van der Waals surface area (Å²) in [4.78, 5) is 25.9. The molecular weight excluding hydrogens is 280 g/mol. The maximum Gasteiger partial charge on any atom is 0.227 e. The van der Waals surface area contributed by atoms with Crippen molar-refractivity contribution in [1.82, 2.24) is 10.2 Å². The predicted molar refractivity (Wildman–Crippen MR) is 85.4 cm³/mol. The zero-order valence-electron chi connectivity index (χ0n) is 13.5. The molecule has 1 amide bonds. The van der Waals surface area contributed by atoms with Crippen LogP contribution in [0.3, 0.4) is 0 Å². The van der Waals surface area contributed by atoms with E-state index in [4.69, 9.17) is 4.74 Å². The lowest BCUT2D eigenvalue weighted by molar-refractivity contribution is -0.131. The van der Waals surface area contributed by atoms with E-state index in [2.05, 4.69) is 5.32 Å². The topological polar surface area (TPSA) is 58.6 Å². The molecule has 5 nitrogen and oxygen atoms in total. The maximum atomic E-state index is 12.5. The first-order valence-electron chi connectivity index (χ1n) is 7.67. The third kappa shape index (κ3) is 3.85. The molecule has 0 bridgehead atoms. The number of ketones is 1. The Labute approximate surface area is 131 Å². The van der Waals surface area contributed by atoms with Gasteiger partial charge < -0.3 is 15.0 Å². The van der Waals surface area contributed by atoms with E-state index in [-0.39, 0.29) is 24.2 Å². The quantitative estimate of drug-likeness (QED) is 0.840. The van der Waals surface area contributed by atoms with Crippen molar-refractivity contribution in [3.05, 3.63) is 29.3 Å². The first-order valence-corrected chi connectivity index (χ1v) is 7.67. The number of methoxy groups -OCH3 is 1. The zero-order chi connectivity index (χ0) is 16.1. The Morgan fingerprint density at radius 1 is 1.32 bits per heavy atom. The van der Waals surface area contributed by atoms with Crippen LogP contribution in [0.15, 0.2) is 18.2 Å². The van der Waals surface area contributed by atoms with Gasteiger partial charge in [-0.15, -0.1) is 0 Å². The van der Waals surface area contributed by atoms with Crippen molar-refractivity contribution in [2.45, 2.75) is 32.2 Å². The summed E-state index contributed by atoms with van der Waals surface area (Å²) in [5, 5.41) is 3.30. The molecule has 2 rings (SSSR count). The smallest absolute Gasteiger partial charge is 0.227 e. The van der Waals surface area contributed by atoms with Crippen LogP contribution >= 0.6 is 0 Å². The zero-order valence-corrected chi connectivity index (χ0v) is 13.5. The van der Waals surface area contributed by atoms with Crippen molar-refractivity contribution in [1.29, 1.82) is 0 Å². The van der Waals surface area contributed by atoms with Crippen molar-refractivity contribution in [2.24, 2.45) is 0 Å². The van der Waals surface area contributed by atoms with E-state index in [1.54, 1.807) is 25.3 Å². The molecule has 120 valence electrons. The van der Waals surface area contributed by atoms with Crippen molar-refractivity contribution in [3.8, 4) is 5.75 Å². The van der Waals surface area contributed by atoms with E-state index in [0.717, 1.165) is 31.5 Å². The average Bonchev–Trinajstić information content (AvgIpc) is 2.54. The Morgan fingerprint density at radius 3 is 2.59 bits per heavy atom. The van der Waals surface area contributed by atoms with Crippen LogP contribution in [0.1, 0.15) is 35.7 Å². The third-order valence-corrected chi connectivity index (χ3v) is 4.28. The predicted octanol–water partition coefficient (Wildman–Crippen LogP) is 1.65. The molecule has 0 saturated carbocycles. The summed E-state index contributed by atoms with van der Waals surface area (Å²) in [5.74, 6) is 0.700. The normalized spacial score (nSPS) is 15.4. The molecule has 5 heteroatoms. The van der Waals surface area contributed by atoms with Gasteiger partial charge in [0.2, 0.25) is 5.91 Å². The van der Waals surface area contributed by atoms with E-state index >= 15 is 0 Å². The van der Waals surface area contributed by atoms with Crippen molar-refractivity contribution in [2.75, 3.05) is 27.2 Å². The van der Waals surface area contributed by atoms with Gasteiger partial charge in [0.15, 0.2) is 5.78 Å². The monoisotopic (exact) mass is 304 g/mol. The minimum absolute atomic E-state index is 0.0111. The van der Waals surface area contributed by atoms with Crippen molar-refractivity contribution < 1.29 is 14.3 Å². The number of ether oxygens (including phenoxy) is 1. The summed E-state index contributed by atoms with van der Waals surface area (Å²) < 4.78 is 5.31. The number of Topliss-reactive ketones (excluding diaryl/α,β-unsaturated/α-hetero) is 1. The van der Waals surface area contributed by atoms with Gasteiger partial charge in [-0.1, -0.05) is 0 Å². The second-order valence-corrected chi connectivity index (χ2v) is 5.75. The molecule has 1 aromatic carbocycles. The number of amides is 1. The van der Waals surface area contributed by atoms with Gasteiger partial charge in [-0.3, -0.25) is 9.59 Å². The van der Waals surface area contributed by atoms with Crippen LogP contribution in [-0.4, -0.2) is 49.9 Å². The average molecular weight is 304 g/mol. The highest BCUT2D eigenvalue weighted by molar-refractivity contribution is 5.94. The highest BCUT2D eigenvalue weighted by Crippen LogP contribution is 2.22. The van der Waals surface area contributed by atoms with Gasteiger partial charge in [0.25, 0.3) is 0 Å². The van der Waals surface area contributed by atoms with Crippen LogP contribution in [0.5, 0.6) is 5.75 Å². The molecule has 0 atom stereocenters. The molecule has 1 aliphatic heterocycles. The molecule has 1 aromatic rings. The lowest BCUT2D eigenvalue weighted by Crippen LogP contribution is -2.44. The second-order valence-electron chi connectivity index (χ2n) is 5.75. The maximum absolute atomic E-state index is 12.5. The van der Waals surface area contributed by atoms with Gasteiger partial charge in [0.05, 0.1) is 13.5 Å². The number of nitrogens with one attached hydrogen (secondary N) is 1. The molecule has 0 aliphatic carbocycles. The van der Waals surface area contributed by atoms with Crippen LogP contribution in [0.4, 0.5) is 0 Å². The molecule has 0 unspecified atom stereocenters. The molecule has 1 N–H and O–H groups in total. The fourth-order valence-corrected chi connectivity index (χ4v) is 2.82. The Balaban J connectivity index is 2.12. The molecule has 1 heterocycles. The van der Waals surface area contributed by atoms with E-state index in [1.165, 1.54) is 6.92 Å². The number of benzene rings is 1. The minimum Gasteiger partial charge on any atom is -0.496 e. The molecule has 1 fully saturated rings. The van der Waals surface area contributed by atoms with E-state index in [9.17, 15) is 9.59 Å². The lowest BCUT2D eigenvalue weighted by atomic mass is 10.0. The fourth-order valence-electron chi connectivity index (χ4n) is 2.82. The number of carbonyl (C=O) groups is 2. The van der Waals surface area contributed by atoms with Crippen LogP contribution in [0, 0.1) is 0 Å². The van der Waals surface area contributed by atoms with Crippen LogP contribution in [0.25, 0.3) is 0 Å². The number of nitrogens with zero attached hydrogens (tertiary/aromatic N) is 1. The van der Waals surface area contributed by atoms with Crippen LogP contribution < -0.4 is 10.1 Å². The molecule has 0 aromatic heterocycles. The molecular formula is C17H24N2O3. The minimum atomic E-state index is -0.0111. The standard InChI is InChI=1S/C17H24N2O3/c1-12(20)13-4-5-16(22-3)14(10-13)11-17(21)19(2)15-6-8-18-9-7-15/h4-5,10,15,18H,6-9,11H2,1-3H3. The van der Waals surface area contributed by atoms with Gasteiger partial charge in [-0.25, -0.2) is 0 Å². The number of carbonyl (C=O) groups excluding carboxylic acids is 2. The van der Waals surface area contributed by atoms with E-state index in [0.29, 0.717) is 11.3 Å². The summed E-state index contributed by atoms with van der Waals surface area (Å²) in [5.41, 5.74) is 1.37. The van der Waals surface area contributed by atoms with Gasteiger partial charge >= 0.3 is 0 Å². The van der Waals surface area contributed by atoms with Gasteiger partial charge in [0, 0.05) is 24.2 Å². The Morgan fingerprint density at radius 2 is 2.00 bits per heavy atom. The number of likely N-dealkylation sites (N-methyl/N-ethyl adjacent to an activating group) is 1. The number of rotatable bonds is 5. The van der Waals surface area contributed by atoms with Gasteiger partial charge in [-0.05, 0) is 51.1 Å². The summed E-state index contributed by atoms with van der Waals surface area (Å²) in [6.07, 6.45) is 2.21. The Kier molecular flexibility index (Phi) is 5.55. The summed E-state index contributed by atoms with van der Waals surface area (Å²) >= 11 is 0. The molecule has 0 spiro atoms. The number of hydrogen-bond acceptors (Lipinski definition) is 4. The lowest BCUT2D eigenvalue weighted by Gasteiger charge is -2.31. The third-order valence-electron chi connectivity index (χ3n) is 4.28. The van der Waals surface area contributed by atoms with E-state index in [1.807, 2.05) is 11.9 Å². The number of piperidine rings is 1. The van der Waals surface area contributed by atoms with Gasteiger partial charge in [0.1, 0.15) is 5.75 Å². The largest absolute Gasteiger partial charge is 0.496 e. The Bertz CT molecular complexity index is 551. The molecule has 22 heavy (non-hydrogen) atoms. The molecule has 1 saturated heterocycles. The second kappa shape index (κ2) is 7.40. The Hall–Kier alpha value is -1.88. The van der Waals surface area contributed by atoms with Crippen LogP contribution in [-0.2, 0) is 11.2 Å². The van der Waals surface area contributed by atoms with Gasteiger partial charge in [-0.2, -0.15) is 0 Å². The van der Waals surface area contributed by atoms with Crippen molar-refractivity contribution >= 4 is 11.7 Å². The van der Waals surface area contributed by atoms with Crippen molar-refractivity contribution in [3.63, 3.8) is 0 Å². The number of hydrogen-bond donors (Lipinski definition) is 1. The summed E-state index contributed by atoms with van der Waals surface area (Å²) in [7, 11) is 3.44. The first kappa shape index (κ1) is 16.5. The molecule has 1 aliphatic rings. The fraction of sp³-hybridized carbons (Fsp3) is 0.529. The summed E-state index contributed by atoms with van der Waals surface area (Å²) in [6, 6.07) is 5.53. The van der Waals surface area contributed by atoms with E-state index < -0.39 is 0 Å². The highest BCUT2D eigenvalue weighted by Gasteiger charge is 2.23. The highest BCUT2D eigenvalue weighted by atomic mass is 16.5. The molecule has 0 radical (unpaired) electrons. The van der Waals surface area contributed by atoms with Crippen LogP contribution in [0.2, 0.25) is 0 Å². The SMILES string of the molecule is COc1ccc(C(C)=O)cc1CC(=O)N(C)C1CCNCC1. The summed E-state index contributed by atoms with van der Waals surface area (Å²) in [6.45, 7) is 3.42.